The van der Waals surface area contributed by atoms with Gasteiger partial charge in [0.15, 0.2) is 28.5 Å². The summed E-state index contributed by atoms with van der Waals surface area (Å²) in [6.07, 6.45) is 2.54. The quantitative estimate of drug-likeness (QED) is 0.199. The van der Waals surface area contributed by atoms with Crippen LogP contribution in [0.1, 0.15) is 32.7 Å². The maximum Gasteiger partial charge on any atom is 0.216 e. The van der Waals surface area contributed by atoms with Crippen molar-refractivity contribution in [1.29, 1.82) is 0 Å². The third-order valence-corrected chi connectivity index (χ3v) is 6.42. The Kier molecular flexibility index (Phi) is 6.74. The predicted molar refractivity (Wildman–Crippen MR) is 141 cm³/mol. The number of hydrogen-bond donors (Lipinski definition) is 1. The van der Waals surface area contributed by atoms with Crippen LogP contribution in [0.25, 0.3) is 22.2 Å². The molecule has 0 atom stereocenters. The highest BCUT2D eigenvalue weighted by atomic mass is 19.1. The van der Waals surface area contributed by atoms with Gasteiger partial charge >= 0.3 is 0 Å². The minimum atomic E-state index is -0.752. The number of ketones is 1. The van der Waals surface area contributed by atoms with Crippen LogP contribution in [-0.2, 0) is 6.42 Å². The Bertz CT molecular complexity index is 1830. The molecule has 0 saturated carbocycles. The number of fused-ring (bicyclic) bond motifs is 1. The van der Waals surface area contributed by atoms with Gasteiger partial charge in [-0.1, -0.05) is 12.1 Å². The number of carbonyl (C=O) groups excluding carboxylic acids is 1. The molecule has 0 spiro atoms. The molecule has 0 saturated heterocycles. The number of Topliss-reactive ketones (excluding diaryl/α,β-unsaturated/α-hetero) is 1. The molecule has 0 unspecified atom stereocenters. The normalized spacial score (nSPS) is 11.1. The highest BCUT2D eigenvalue weighted by molar-refractivity contribution is 5.98. The fourth-order valence-electron chi connectivity index (χ4n) is 4.40. The monoisotopic (exact) mass is 529 g/mol. The standard InChI is InChI=1S/C30H22F3N3O3/c1-15-10-19(31)5-6-20(15)27-17(3)35-14-21(29(27)38)24(37)13-18-4-7-25(22(32)12-18)39-26-8-9-34-23-11-16(2)30(33)36-28(23)26/h4-12,14H,13H2,1-3H3,(H,35,38). The van der Waals surface area contributed by atoms with E-state index in [-0.39, 0.29) is 34.6 Å². The zero-order chi connectivity index (χ0) is 27.8. The highest BCUT2D eigenvalue weighted by Crippen LogP contribution is 2.31. The van der Waals surface area contributed by atoms with Crippen LogP contribution >= 0.6 is 0 Å². The van der Waals surface area contributed by atoms with E-state index in [4.69, 9.17) is 4.74 Å². The summed E-state index contributed by atoms with van der Waals surface area (Å²) in [7, 11) is 0. The first kappa shape index (κ1) is 25.8. The molecule has 3 aromatic heterocycles. The van der Waals surface area contributed by atoms with E-state index in [9.17, 15) is 22.8 Å². The maximum atomic E-state index is 15.0. The van der Waals surface area contributed by atoms with Crippen LogP contribution in [0.4, 0.5) is 13.2 Å². The number of hydrogen-bond acceptors (Lipinski definition) is 5. The minimum absolute atomic E-state index is 0.0910. The van der Waals surface area contributed by atoms with Gasteiger partial charge < -0.3 is 9.72 Å². The Balaban J connectivity index is 1.41. The van der Waals surface area contributed by atoms with Crippen molar-refractivity contribution < 1.29 is 22.7 Å². The number of benzene rings is 2. The van der Waals surface area contributed by atoms with Crippen molar-refractivity contribution >= 4 is 16.8 Å². The van der Waals surface area contributed by atoms with Crippen LogP contribution in [0.5, 0.6) is 11.5 Å². The van der Waals surface area contributed by atoms with Gasteiger partial charge in [-0.3, -0.25) is 14.6 Å². The van der Waals surface area contributed by atoms with Crippen molar-refractivity contribution in [2.75, 3.05) is 0 Å². The van der Waals surface area contributed by atoms with Gasteiger partial charge in [0, 0.05) is 41.7 Å². The van der Waals surface area contributed by atoms with E-state index in [0.29, 0.717) is 33.5 Å². The Labute approximate surface area is 221 Å². The van der Waals surface area contributed by atoms with Crippen LogP contribution < -0.4 is 10.2 Å². The van der Waals surface area contributed by atoms with E-state index >= 15 is 0 Å². The van der Waals surface area contributed by atoms with E-state index < -0.39 is 28.8 Å². The third-order valence-electron chi connectivity index (χ3n) is 6.42. The number of aromatic amines is 1. The van der Waals surface area contributed by atoms with Crippen molar-refractivity contribution in [3.8, 4) is 22.6 Å². The Morgan fingerprint density at radius 3 is 2.49 bits per heavy atom. The first-order valence-electron chi connectivity index (χ1n) is 12.0. The lowest BCUT2D eigenvalue weighted by atomic mass is 9.95. The molecule has 6 nitrogen and oxygen atoms in total. The second-order valence-corrected chi connectivity index (χ2v) is 9.23. The highest BCUT2D eigenvalue weighted by Gasteiger charge is 2.19. The van der Waals surface area contributed by atoms with Crippen LogP contribution in [-0.4, -0.2) is 20.7 Å². The summed E-state index contributed by atoms with van der Waals surface area (Å²) in [6, 6.07) is 11.0. The minimum Gasteiger partial charge on any atom is -0.452 e. The van der Waals surface area contributed by atoms with Gasteiger partial charge in [-0.2, -0.15) is 4.39 Å². The molecule has 0 aliphatic heterocycles. The van der Waals surface area contributed by atoms with Crippen LogP contribution in [0.2, 0.25) is 0 Å². The zero-order valence-electron chi connectivity index (χ0n) is 21.2. The second-order valence-electron chi connectivity index (χ2n) is 9.23. The molecular formula is C30H22F3N3O3. The Morgan fingerprint density at radius 2 is 1.74 bits per heavy atom. The molecule has 2 aromatic carbocycles. The van der Waals surface area contributed by atoms with Gasteiger partial charge in [0.2, 0.25) is 5.95 Å². The molecule has 3 heterocycles. The zero-order valence-corrected chi connectivity index (χ0v) is 21.2. The molecule has 196 valence electrons. The number of aromatic nitrogens is 3. The predicted octanol–water partition coefficient (Wildman–Crippen LogP) is 6.55. The van der Waals surface area contributed by atoms with Gasteiger partial charge in [-0.15, -0.1) is 0 Å². The SMILES string of the molecule is Cc1cc(F)ccc1-c1c(C)[nH]cc(C(=O)Cc2ccc(Oc3ccnc4cc(C)c(F)nc34)c(F)c2)c1=O. The first-order chi connectivity index (χ1) is 18.6. The number of ether oxygens (including phenoxy) is 1. The third kappa shape index (κ3) is 5.03. The summed E-state index contributed by atoms with van der Waals surface area (Å²) in [5, 5.41) is 0. The van der Waals surface area contributed by atoms with Crippen molar-refractivity contribution in [1.82, 2.24) is 15.0 Å². The number of nitrogens with zero attached hydrogens (tertiary/aromatic N) is 2. The summed E-state index contributed by atoms with van der Waals surface area (Å²) < 4.78 is 48.3. The van der Waals surface area contributed by atoms with Crippen molar-refractivity contribution in [2.24, 2.45) is 0 Å². The molecule has 0 radical (unpaired) electrons. The van der Waals surface area contributed by atoms with Gasteiger partial charge in [-0.25, -0.2) is 13.8 Å². The fourth-order valence-corrected chi connectivity index (χ4v) is 4.40. The number of H-pyrrole nitrogens is 1. The van der Waals surface area contributed by atoms with Crippen molar-refractivity contribution in [2.45, 2.75) is 27.2 Å². The van der Waals surface area contributed by atoms with Crippen molar-refractivity contribution in [3.05, 3.63) is 117 Å². The Morgan fingerprint density at radius 1 is 0.949 bits per heavy atom. The summed E-state index contributed by atoms with van der Waals surface area (Å²) in [4.78, 5) is 37.3. The van der Waals surface area contributed by atoms with E-state index in [1.807, 2.05) is 0 Å². The van der Waals surface area contributed by atoms with E-state index in [0.717, 1.165) is 6.07 Å². The summed E-state index contributed by atoms with van der Waals surface area (Å²) in [5.74, 6) is -2.40. The average molecular weight is 530 g/mol. The topological polar surface area (TPSA) is 84.9 Å². The maximum absolute atomic E-state index is 15.0. The van der Waals surface area contributed by atoms with Gasteiger partial charge in [0.05, 0.1) is 11.1 Å². The first-order valence-corrected chi connectivity index (χ1v) is 12.0. The largest absolute Gasteiger partial charge is 0.452 e. The van der Waals surface area contributed by atoms with E-state index in [1.54, 1.807) is 20.8 Å². The molecule has 1 N–H and O–H groups in total. The molecule has 39 heavy (non-hydrogen) atoms. The Hall–Kier alpha value is -4.79. The number of carbonyl (C=O) groups is 1. The molecule has 0 aliphatic rings. The summed E-state index contributed by atoms with van der Waals surface area (Å²) >= 11 is 0. The summed E-state index contributed by atoms with van der Waals surface area (Å²) in [6.45, 7) is 4.94. The van der Waals surface area contributed by atoms with E-state index in [2.05, 4.69) is 15.0 Å². The van der Waals surface area contributed by atoms with Crippen molar-refractivity contribution in [3.63, 3.8) is 0 Å². The lowest BCUT2D eigenvalue weighted by molar-refractivity contribution is 0.0991. The number of aryl methyl sites for hydroxylation is 3. The van der Waals surface area contributed by atoms with Gasteiger partial charge in [0.1, 0.15) is 11.3 Å². The van der Waals surface area contributed by atoms with E-state index in [1.165, 1.54) is 54.9 Å². The molecule has 9 heteroatoms. The van der Waals surface area contributed by atoms with Crippen LogP contribution in [0, 0.1) is 38.4 Å². The number of pyridine rings is 3. The number of halogens is 3. The number of rotatable bonds is 6. The average Bonchev–Trinajstić information content (AvgIpc) is 2.88. The molecule has 5 rings (SSSR count). The summed E-state index contributed by atoms with van der Waals surface area (Å²) in [5.41, 5.74) is 2.48. The second kappa shape index (κ2) is 10.2. The smallest absolute Gasteiger partial charge is 0.216 e. The van der Waals surface area contributed by atoms with Crippen LogP contribution in [0.3, 0.4) is 0 Å². The molecule has 5 aromatic rings. The molecule has 0 amide bonds. The van der Waals surface area contributed by atoms with Crippen LogP contribution in [0.15, 0.2) is 65.7 Å². The lowest BCUT2D eigenvalue weighted by Gasteiger charge is -2.12. The molecule has 0 bridgehead atoms. The van der Waals surface area contributed by atoms with Gasteiger partial charge in [0.25, 0.3) is 0 Å². The number of nitrogens with one attached hydrogen (secondary N) is 1. The fraction of sp³-hybridized carbons (Fsp3) is 0.133. The lowest BCUT2D eigenvalue weighted by Crippen LogP contribution is -2.20. The molecule has 0 aliphatic carbocycles. The molecule has 0 fully saturated rings. The molecular weight excluding hydrogens is 507 g/mol. The van der Waals surface area contributed by atoms with Gasteiger partial charge in [-0.05, 0) is 67.8 Å².